The van der Waals surface area contributed by atoms with E-state index in [-0.39, 0.29) is 35.4 Å². The molecule has 1 aliphatic rings. The van der Waals surface area contributed by atoms with Gasteiger partial charge in [-0.05, 0) is 12.5 Å². The molecule has 0 unspecified atom stereocenters. The molecule has 1 aromatic heterocycles. The number of carbonyl (C=O) groups is 2. The first-order valence-electron chi connectivity index (χ1n) is 7.88. The molecule has 3 N–H and O–H groups in total. The zero-order chi connectivity index (χ0) is 19.1. The maximum Gasteiger partial charge on any atom is 0.308 e. The molecule has 2 aromatic rings. The fraction of sp³-hybridized carbons (Fsp3) is 0.294. The number of benzene rings is 1. The van der Waals surface area contributed by atoms with Gasteiger partial charge in [0.15, 0.2) is 5.76 Å². The first kappa shape index (κ1) is 18.2. The lowest BCUT2D eigenvalue weighted by Crippen LogP contribution is -2.29. The van der Waals surface area contributed by atoms with Gasteiger partial charge in [-0.2, -0.15) is 0 Å². The molecule has 0 radical (unpaired) electrons. The van der Waals surface area contributed by atoms with Gasteiger partial charge in [-0.25, -0.2) is 13.6 Å². The number of rotatable bonds is 4. The quantitative estimate of drug-likeness (QED) is 0.821. The van der Waals surface area contributed by atoms with Gasteiger partial charge in [0, 0.05) is 25.1 Å². The standard InChI is InChI=1S/C17H18N2O6S/c1-10-15(26(18,23)24)7-14(25-10)16(20)19-8-12(13(9-19)17(21)22)11-5-3-2-4-6-11/h2-7,12-13H,8-9H2,1H3,(H,21,22)(H2,18,23,24)/t12-,13-/m0/s1. The average molecular weight is 378 g/mol. The van der Waals surface area contributed by atoms with E-state index in [1.54, 1.807) is 0 Å². The third kappa shape index (κ3) is 3.35. The lowest BCUT2D eigenvalue weighted by atomic mass is 9.89. The summed E-state index contributed by atoms with van der Waals surface area (Å²) in [5.74, 6) is -2.82. The van der Waals surface area contributed by atoms with Crippen LogP contribution in [0.3, 0.4) is 0 Å². The first-order chi connectivity index (χ1) is 12.2. The Balaban J connectivity index is 1.88. The Kier molecular flexibility index (Phi) is 4.59. The van der Waals surface area contributed by atoms with Crippen LogP contribution in [0.4, 0.5) is 0 Å². The van der Waals surface area contributed by atoms with E-state index in [9.17, 15) is 23.1 Å². The fourth-order valence-electron chi connectivity index (χ4n) is 3.27. The number of carboxylic acid groups (broad SMARTS) is 1. The number of sulfonamides is 1. The summed E-state index contributed by atoms with van der Waals surface area (Å²) in [6.45, 7) is 1.61. The van der Waals surface area contributed by atoms with Crippen LogP contribution in [-0.4, -0.2) is 43.4 Å². The van der Waals surface area contributed by atoms with E-state index in [0.29, 0.717) is 0 Å². The van der Waals surface area contributed by atoms with Gasteiger partial charge < -0.3 is 14.4 Å². The molecule has 3 rings (SSSR count). The molecule has 2 heterocycles. The Morgan fingerprint density at radius 3 is 2.42 bits per heavy atom. The van der Waals surface area contributed by atoms with E-state index in [1.165, 1.54) is 11.8 Å². The number of carbonyl (C=O) groups excluding carboxylic acids is 1. The van der Waals surface area contributed by atoms with Crippen molar-refractivity contribution in [3.63, 3.8) is 0 Å². The Labute approximate surface area is 150 Å². The second-order valence-corrected chi connectivity index (χ2v) is 7.78. The Bertz CT molecular complexity index is 951. The third-order valence-corrected chi connectivity index (χ3v) is 5.56. The highest BCUT2D eigenvalue weighted by atomic mass is 32.2. The molecular weight excluding hydrogens is 360 g/mol. The van der Waals surface area contributed by atoms with Crippen LogP contribution >= 0.6 is 0 Å². The summed E-state index contributed by atoms with van der Waals surface area (Å²) in [6, 6.07) is 10.2. The maximum absolute atomic E-state index is 12.7. The smallest absolute Gasteiger partial charge is 0.308 e. The van der Waals surface area contributed by atoms with Crippen molar-refractivity contribution in [1.29, 1.82) is 0 Å². The minimum absolute atomic E-state index is 0.0121. The lowest BCUT2D eigenvalue weighted by molar-refractivity contribution is -0.141. The van der Waals surface area contributed by atoms with E-state index in [4.69, 9.17) is 9.56 Å². The van der Waals surface area contributed by atoms with Crippen molar-refractivity contribution >= 4 is 21.9 Å². The molecule has 2 atom stereocenters. The van der Waals surface area contributed by atoms with Gasteiger partial charge in [0.25, 0.3) is 5.91 Å². The van der Waals surface area contributed by atoms with Gasteiger partial charge in [-0.1, -0.05) is 30.3 Å². The number of hydrogen-bond donors (Lipinski definition) is 2. The predicted molar refractivity (Wildman–Crippen MR) is 91.0 cm³/mol. The fourth-order valence-corrected chi connectivity index (χ4v) is 3.98. The summed E-state index contributed by atoms with van der Waals surface area (Å²) < 4.78 is 28.3. The maximum atomic E-state index is 12.7. The number of carboxylic acids is 1. The number of aliphatic carboxylic acids is 1. The van der Waals surface area contributed by atoms with E-state index < -0.39 is 27.8 Å². The van der Waals surface area contributed by atoms with Crippen LogP contribution in [0.1, 0.15) is 27.8 Å². The number of furan rings is 1. The number of aryl methyl sites for hydroxylation is 1. The van der Waals surface area contributed by atoms with Gasteiger partial charge in [-0.15, -0.1) is 0 Å². The molecule has 1 aromatic carbocycles. The van der Waals surface area contributed by atoms with E-state index >= 15 is 0 Å². The molecule has 26 heavy (non-hydrogen) atoms. The summed E-state index contributed by atoms with van der Waals surface area (Å²) in [5.41, 5.74) is 0.830. The van der Waals surface area contributed by atoms with Gasteiger partial charge in [0.05, 0.1) is 5.92 Å². The normalized spacial score (nSPS) is 20.3. The lowest BCUT2D eigenvalue weighted by Gasteiger charge is -2.15. The zero-order valence-electron chi connectivity index (χ0n) is 14.0. The number of primary sulfonamides is 1. The molecule has 1 amide bonds. The van der Waals surface area contributed by atoms with Crippen LogP contribution in [0, 0.1) is 12.8 Å². The molecular formula is C17H18N2O6S. The number of likely N-dealkylation sites (tertiary alicyclic amines) is 1. The molecule has 9 heteroatoms. The topological polar surface area (TPSA) is 131 Å². The SMILES string of the molecule is Cc1oc(C(=O)N2C[C@H](C(=O)O)[C@H](c3ccccc3)C2)cc1S(N)(=O)=O. The first-order valence-corrected chi connectivity index (χ1v) is 9.43. The van der Waals surface area contributed by atoms with Crippen LogP contribution in [0.25, 0.3) is 0 Å². The molecule has 1 fully saturated rings. The van der Waals surface area contributed by atoms with Gasteiger partial charge in [0.1, 0.15) is 10.7 Å². The molecule has 1 aliphatic heterocycles. The Hall–Kier alpha value is -2.65. The second-order valence-electron chi connectivity index (χ2n) is 6.25. The molecule has 0 bridgehead atoms. The van der Waals surface area contributed by atoms with Gasteiger partial charge >= 0.3 is 5.97 Å². The number of hydrogen-bond acceptors (Lipinski definition) is 5. The highest BCUT2D eigenvalue weighted by Gasteiger charge is 2.41. The van der Waals surface area contributed by atoms with Crippen molar-refractivity contribution in [2.75, 3.05) is 13.1 Å². The average Bonchev–Trinajstić information content (AvgIpc) is 3.18. The number of nitrogens with zero attached hydrogens (tertiary/aromatic N) is 1. The van der Waals surface area contributed by atoms with Crippen molar-refractivity contribution in [3.05, 3.63) is 53.5 Å². The monoisotopic (exact) mass is 378 g/mol. The molecule has 0 saturated carbocycles. The summed E-state index contributed by atoms with van der Waals surface area (Å²) in [4.78, 5) is 25.4. The van der Waals surface area contributed by atoms with Gasteiger partial charge in [0.2, 0.25) is 10.0 Å². The molecule has 0 aliphatic carbocycles. The van der Waals surface area contributed by atoms with Crippen LogP contribution in [0.5, 0.6) is 0 Å². The third-order valence-electron chi connectivity index (χ3n) is 4.54. The summed E-state index contributed by atoms with van der Waals surface area (Å²) in [5, 5.41) is 14.6. The predicted octanol–water partition coefficient (Wildman–Crippen LogP) is 1.18. The van der Waals surface area contributed by atoms with Crippen LogP contribution < -0.4 is 5.14 Å². The summed E-state index contributed by atoms with van der Waals surface area (Å²) >= 11 is 0. The Morgan fingerprint density at radius 1 is 1.23 bits per heavy atom. The summed E-state index contributed by atoms with van der Waals surface area (Å²) in [6.07, 6.45) is 0. The molecule has 8 nitrogen and oxygen atoms in total. The largest absolute Gasteiger partial charge is 0.481 e. The Morgan fingerprint density at radius 2 is 1.88 bits per heavy atom. The van der Waals surface area contributed by atoms with E-state index in [1.807, 2.05) is 30.3 Å². The van der Waals surface area contributed by atoms with Gasteiger partial charge in [-0.3, -0.25) is 9.59 Å². The number of amides is 1. The zero-order valence-corrected chi connectivity index (χ0v) is 14.8. The molecule has 0 spiro atoms. The number of nitrogens with two attached hydrogens (primary N) is 1. The van der Waals surface area contributed by atoms with Crippen molar-refractivity contribution in [3.8, 4) is 0 Å². The highest BCUT2D eigenvalue weighted by Crippen LogP contribution is 2.34. The van der Waals surface area contributed by atoms with Crippen molar-refractivity contribution in [1.82, 2.24) is 4.90 Å². The van der Waals surface area contributed by atoms with Crippen molar-refractivity contribution in [2.24, 2.45) is 11.1 Å². The van der Waals surface area contributed by atoms with Crippen LogP contribution in [0.15, 0.2) is 45.7 Å². The highest BCUT2D eigenvalue weighted by molar-refractivity contribution is 7.89. The second kappa shape index (κ2) is 6.58. The molecule has 138 valence electrons. The summed E-state index contributed by atoms with van der Waals surface area (Å²) in [7, 11) is -4.01. The van der Waals surface area contributed by atoms with E-state index in [2.05, 4.69) is 0 Å². The van der Waals surface area contributed by atoms with Crippen LogP contribution in [-0.2, 0) is 14.8 Å². The molecule has 1 saturated heterocycles. The minimum Gasteiger partial charge on any atom is -0.481 e. The van der Waals surface area contributed by atoms with Crippen LogP contribution in [0.2, 0.25) is 0 Å². The van der Waals surface area contributed by atoms with Crippen molar-refractivity contribution in [2.45, 2.75) is 17.7 Å². The minimum atomic E-state index is -4.01. The van der Waals surface area contributed by atoms with E-state index in [0.717, 1.165) is 11.6 Å². The van der Waals surface area contributed by atoms with Crippen molar-refractivity contribution < 1.29 is 27.5 Å².